The first-order valence-corrected chi connectivity index (χ1v) is 5.02. The molecule has 0 radical (unpaired) electrons. The second-order valence-corrected chi connectivity index (χ2v) is 3.75. The monoisotopic (exact) mass is 197 g/mol. The van der Waals surface area contributed by atoms with Crippen LogP contribution in [0.25, 0.3) is 0 Å². The maximum atomic E-state index is 11.6. The third-order valence-electron chi connectivity index (χ3n) is 2.44. The quantitative estimate of drug-likeness (QED) is 0.552. The van der Waals surface area contributed by atoms with Gasteiger partial charge in [0.05, 0.1) is 11.6 Å². The van der Waals surface area contributed by atoms with Crippen molar-refractivity contribution < 1.29 is 4.79 Å². The predicted octanol–water partition coefficient (Wildman–Crippen LogP) is 2.71. The third kappa shape index (κ3) is 2.54. The number of carbonyl (C=O) groups excluding carboxylic acids is 1. The van der Waals surface area contributed by atoms with Crippen LogP contribution in [0, 0.1) is 17.2 Å². The molecule has 74 valence electrons. The number of carbonyl (C=O) groups is 1. The number of rotatable bonds is 3. The van der Waals surface area contributed by atoms with Gasteiger partial charge in [0, 0.05) is 5.56 Å². The summed E-state index contributed by atoms with van der Waals surface area (Å²) in [6.45, 7) is 0. The first-order chi connectivity index (χ1) is 7.29. The van der Waals surface area contributed by atoms with E-state index < -0.39 is 0 Å². The summed E-state index contributed by atoms with van der Waals surface area (Å²) in [5.41, 5.74) is 1.23. The molecule has 1 fully saturated rings. The Morgan fingerprint density at radius 2 is 2.00 bits per heavy atom. The highest BCUT2D eigenvalue weighted by atomic mass is 16.1. The Balaban J connectivity index is 2.08. The van der Waals surface area contributed by atoms with Crippen LogP contribution < -0.4 is 0 Å². The summed E-state index contributed by atoms with van der Waals surface area (Å²) in [6, 6.07) is 8.74. The zero-order chi connectivity index (χ0) is 10.7. The fourth-order valence-electron chi connectivity index (χ4n) is 1.32. The number of benzene rings is 1. The van der Waals surface area contributed by atoms with E-state index in [1.807, 2.05) is 12.1 Å². The van der Waals surface area contributed by atoms with Crippen molar-refractivity contribution >= 4 is 5.78 Å². The molecule has 15 heavy (non-hydrogen) atoms. The topological polar surface area (TPSA) is 40.9 Å². The summed E-state index contributed by atoms with van der Waals surface area (Å²) in [6.07, 6.45) is 6.02. The molecular weight excluding hydrogens is 186 g/mol. The van der Waals surface area contributed by atoms with Crippen LogP contribution in [0.5, 0.6) is 0 Å². The third-order valence-corrected chi connectivity index (χ3v) is 2.44. The minimum atomic E-state index is 0.0198. The highest BCUT2D eigenvalue weighted by molar-refractivity contribution is 6.04. The maximum Gasteiger partial charge on any atom is 0.185 e. The largest absolute Gasteiger partial charge is 0.289 e. The summed E-state index contributed by atoms with van der Waals surface area (Å²) < 4.78 is 0. The van der Waals surface area contributed by atoms with E-state index in [1.165, 1.54) is 12.8 Å². The van der Waals surface area contributed by atoms with Crippen molar-refractivity contribution in [3.05, 3.63) is 47.5 Å². The molecule has 0 spiro atoms. The van der Waals surface area contributed by atoms with E-state index >= 15 is 0 Å². The molecule has 1 aromatic rings. The van der Waals surface area contributed by atoms with Crippen molar-refractivity contribution in [3.63, 3.8) is 0 Å². The van der Waals surface area contributed by atoms with Crippen LogP contribution in [0.15, 0.2) is 36.4 Å². The van der Waals surface area contributed by atoms with Crippen molar-refractivity contribution in [1.29, 1.82) is 5.26 Å². The number of hydrogen-bond acceptors (Lipinski definition) is 2. The molecule has 0 unspecified atom stereocenters. The molecule has 1 aromatic carbocycles. The molecule has 0 bridgehead atoms. The van der Waals surface area contributed by atoms with Gasteiger partial charge in [0.15, 0.2) is 5.78 Å². The molecule has 1 saturated carbocycles. The van der Waals surface area contributed by atoms with Gasteiger partial charge in [0.25, 0.3) is 0 Å². The zero-order valence-corrected chi connectivity index (χ0v) is 8.31. The molecule has 0 heterocycles. The van der Waals surface area contributed by atoms with E-state index in [0.29, 0.717) is 17.0 Å². The van der Waals surface area contributed by atoms with Crippen LogP contribution in [0.3, 0.4) is 0 Å². The molecule has 1 aliphatic rings. The molecule has 0 atom stereocenters. The van der Waals surface area contributed by atoms with Gasteiger partial charge in [0.1, 0.15) is 0 Å². The summed E-state index contributed by atoms with van der Waals surface area (Å²) in [5, 5.41) is 8.60. The van der Waals surface area contributed by atoms with E-state index in [-0.39, 0.29) is 5.78 Å². The van der Waals surface area contributed by atoms with Crippen LogP contribution in [-0.2, 0) is 0 Å². The highest BCUT2D eigenvalue weighted by Crippen LogP contribution is 2.30. The summed E-state index contributed by atoms with van der Waals surface area (Å²) in [7, 11) is 0. The lowest BCUT2D eigenvalue weighted by molar-refractivity contribution is 0.104. The van der Waals surface area contributed by atoms with Gasteiger partial charge in [-0.15, -0.1) is 0 Å². The van der Waals surface area contributed by atoms with Gasteiger partial charge >= 0.3 is 0 Å². The smallest absolute Gasteiger partial charge is 0.185 e. The van der Waals surface area contributed by atoms with Gasteiger partial charge in [-0.2, -0.15) is 5.26 Å². The Morgan fingerprint density at radius 1 is 1.33 bits per heavy atom. The molecule has 0 aromatic heterocycles. The maximum absolute atomic E-state index is 11.6. The molecule has 1 aliphatic carbocycles. The van der Waals surface area contributed by atoms with Crippen LogP contribution in [-0.4, -0.2) is 5.78 Å². The lowest BCUT2D eigenvalue weighted by Gasteiger charge is -1.94. The van der Waals surface area contributed by atoms with Gasteiger partial charge in [-0.05, 0) is 49.1 Å². The molecular formula is C13H11NO. The second-order valence-electron chi connectivity index (χ2n) is 3.75. The molecule has 0 amide bonds. The Kier molecular flexibility index (Phi) is 2.64. The van der Waals surface area contributed by atoms with Crippen LogP contribution in [0.1, 0.15) is 28.8 Å². The van der Waals surface area contributed by atoms with Crippen LogP contribution in [0.4, 0.5) is 0 Å². The number of allylic oxidation sites excluding steroid dienone is 2. The lowest BCUT2D eigenvalue weighted by Crippen LogP contribution is -1.93. The van der Waals surface area contributed by atoms with Gasteiger partial charge in [-0.1, -0.05) is 6.08 Å². The SMILES string of the molecule is N#Cc1ccc(C(=O)C=CC2CC2)cc1. The average Bonchev–Trinajstić information content (AvgIpc) is 3.10. The molecule has 2 nitrogen and oxygen atoms in total. The van der Waals surface area contributed by atoms with E-state index in [1.54, 1.807) is 30.3 Å². The van der Waals surface area contributed by atoms with Gasteiger partial charge in [0.2, 0.25) is 0 Å². The molecule has 2 heteroatoms. The van der Waals surface area contributed by atoms with Crippen molar-refractivity contribution in [2.45, 2.75) is 12.8 Å². The molecule has 0 aliphatic heterocycles. The first kappa shape index (κ1) is 9.67. The normalized spacial score (nSPS) is 15.1. The highest BCUT2D eigenvalue weighted by Gasteiger charge is 2.17. The predicted molar refractivity (Wildman–Crippen MR) is 57.4 cm³/mol. The Bertz CT molecular complexity index is 433. The summed E-state index contributed by atoms with van der Waals surface area (Å²) in [5.74, 6) is 0.638. The fraction of sp³-hybridized carbons (Fsp3) is 0.231. The van der Waals surface area contributed by atoms with Crippen LogP contribution in [0.2, 0.25) is 0 Å². The number of ketones is 1. The van der Waals surface area contributed by atoms with E-state index in [0.717, 1.165) is 0 Å². The summed E-state index contributed by atoms with van der Waals surface area (Å²) in [4.78, 5) is 11.6. The number of hydrogen-bond donors (Lipinski definition) is 0. The Hall–Kier alpha value is -1.88. The minimum Gasteiger partial charge on any atom is -0.289 e. The zero-order valence-electron chi connectivity index (χ0n) is 8.31. The number of nitrogens with zero attached hydrogens (tertiary/aromatic N) is 1. The van der Waals surface area contributed by atoms with E-state index in [9.17, 15) is 4.79 Å². The van der Waals surface area contributed by atoms with Crippen LogP contribution >= 0.6 is 0 Å². The first-order valence-electron chi connectivity index (χ1n) is 5.02. The fourth-order valence-corrected chi connectivity index (χ4v) is 1.32. The van der Waals surface area contributed by atoms with Gasteiger partial charge in [-0.3, -0.25) is 4.79 Å². The standard InChI is InChI=1S/C13H11NO/c14-9-11-3-6-12(7-4-11)13(15)8-5-10-1-2-10/h3-8,10H,1-2H2. The van der Waals surface area contributed by atoms with Gasteiger partial charge in [-0.25, -0.2) is 0 Å². The number of nitriles is 1. The Morgan fingerprint density at radius 3 is 2.53 bits per heavy atom. The summed E-state index contributed by atoms with van der Waals surface area (Å²) >= 11 is 0. The minimum absolute atomic E-state index is 0.0198. The molecule has 0 N–H and O–H groups in total. The van der Waals surface area contributed by atoms with E-state index in [2.05, 4.69) is 0 Å². The van der Waals surface area contributed by atoms with E-state index in [4.69, 9.17) is 5.26 Å². The van der Waals surface area contributed by atoms with Crippen molar-refractivity contribution in [3.8, 4) is 6.07 Å². The molecule has 0 saturated heterocycles. The van der Waals surface area contributed by atoms with Crippen molar-refractivity contribution in [1.82, 2.24) is 0 Å². The average molecular weight is 197 g/mol. The lowest BCUT2D eigenvalue weighted by atomic mass is 10.1. The van der Waals surface area contributed by atoms with Crippen molar-refractivity contribution in [2.75, 3.05) is 0 Å². The van der Waals surface area contributed by atoms with Gasteiger partial charge < -0.3 is 0 Å². The second kappa shape index (κ2) is 4.10. The molecule has 2 rings (SSSR count). The van der Waals surface area contributed by atoms with Crippen molar-refractivity contribution in [2.24, 2.45) is 5.92 Å². The Labute approximate surface area is 88.8 Å².